The van der Waals surface area contributed by atoms with Crippen molar-refractivity contribution < 1.29 is 4.79 Å². The number of pyridine rings is 2. The number of amides is 1. The van der Waals surface area contributed by atoms with Gasteiger partial charge in [-0.05, 0) is 73.8 Å². The Balaban J connectivity index is 1.40. The molecule has 1 saturated heterocycles. The predicted octanol–water partition coefficient (Wildman–Crippen LogP) is 4.96. The lowest BCUT2D eigenvalue weighted by molar-refractivity contribution is 0.102. The van der Waals surface area contributed by atoms with Gasteiger partial charge in [0.2, 0.25) is 0 Å². The minimum atomic E-state index is -0.265. The summed E-state index contributed by atoms with van der Waals surface area (Å²) in [5.74, 6) is -0.265. The zero-order valence-corrected chi connectivity index (χ0v) is 18.8. The molecular formula is C26H28N6O. The van der Waals surface area contributed by atoms with E-state index in [0.29, 0.717) is 11.4 Å². The third-order valence-corrected chi connectivity index (χ3v) is 6.14. The highest BCUT2D eigenvalue weighted by Crippen LogP contribution is 2.26. The smallest absolute Gasteiger partial charge is 0.276 e. The van der Waals surface area contributed by atoms with Crippen LogP contribution in [0.2, 0.25) is 0 Å². The van der Waals surface area contributed by atoms with Crippen LogP contribution < -0.4 is 5.32 Å². The van der Waals surface area contributed by atoms with Crippen LogP contribution in [0.15, 0.2) is 55.1 Å². The summed E-state index contributed by atoms with van der Waals surface area (Å²) in [4.78, 5) is 24.1. The number of likely N-dealkylation sites (tertiary alicyclic amines) is 1. The number of nitrogens with zero attached hydrogens (tertiary/aromatic N) is 4. The number of aryl methyl sites for hydroxylation is 1. The van der Waals surface area contributed by atoms with Gasteiger partial charge in [-0.2, -0.15) is 5.10 Å². The highest BCUT2D eigenvalue weighted by atomic mass is 16.1. The number of H-pyrrole nitrogens is 1. The van der Waals surface area contributed by atoms with Gasteiger partial charge in [0, 0.05) is 36.1 Å². The first-order chi connectivity index (χ1) is 16.2. The fourth-order valence-corrected chi connectivity index (χ4v) is 4.46. The first kappa shape index (κ1) is 21.3. The second-order valence-electron chi connectivity index (χ2n) is 8.81. The van der Waals surface area contributed by atoms with Crippen molar-refractivity contribution in [1.82, 2.24) is 25.1 Å². The number of fused-ring (bicyclic) bond motifs is 1. The number of carbonyl (C=O) groups is 1. The molecule has 0 atom stereocenters. The van der Waals surface area contributed by atoms with E-state index >= 15 is 0 Å². The fourth-order valence-electron chi connectivity index (χ4n) is 4.46. The normalized spacial score (nSPS) is 14.8. The second kappa shape index (κ2) is 9.50. The van der Waals surface area contributed by atoms with Gasteiger partial charge in [0.1, 0.15) is 0 Å². The number of carbonyl (C=O) groups excluding carboxylic acids is 1. The van der Waals surface area contributed by atoms with Gasteiger partial charge in [-0.25, -0.2) is 0 Å². The molecular weight excluding hydrogens is 412 g/mol. The Morgan fingerprint density at radius 1 is 0.970 bits per heavy atom. The molecule has 7 heteroatoms. The molecule has 1 aromatic carbocycles. The zero-order valence-electron chi connectivity index (χ0n) is 18.8. The van der Waals surface area contributed by atoms with E-state index in [-0.39, 0.29) is 5.91 Å². The summed E-state index contributed by atoms with van der Waals surface area (Å²) in [6, 6.07) is 10.1. The van der Waals surface area contributed by atoms with Crippen molar-refractivity contribution >= 4 is 22.5 Å². The van der Waals surface area contributed by atoms with Gasteiger partial charge in [-0.15, -0.1) is 0 Å². The van der Waals surface area contributed by atoms with E-state index in [4.69, 9.17) is 0 Å². The molecule has 0 spiro atoms. The van der Waals surface area contributed by atoms with Crippen LogP contribution in [0.3, 0.4) is 0 Å². The lowest BCUT2D eigenvalue weighted by Crippen LogP contribution is -2.24. The number of hydrogen-bond acceptors (Lipinski definition) is 5. The molecule has 1 fully saturated rings. The highest BCUT2D eigenvalue weighted by Gasteiger charge is 2.16. The zero-order chi connectivity index (χ0) is 22.6. The van der Waals surface area contributed by atoms with Crippen molar-refractivity contribution in [2.75, 3.05) is 18.4 Å². The molecule has 0 unspecified atom stereocenters. The van der Waals surface area contributed by atoms with E-state index < -0.39 is 0 Å². The molecule has 0 saturated carbocycles. The Labute approximate surface area is 193 Å². The number of aromatic amines is 1. The third kappa shape index (κ3) is 4.93. The van der Waals surface area contributed by atoms with Gasteiger partial charge in [-0.3, -0.25) is 24.8 Å². The average molecular weight is 441 g/mol. The molecule has 4 heterocycles. The topological polar surface area (TPSA) is 86.8 Å². The van der Waals surface area contributed by atoms with Crippen molar-refractivity contribution in [3.8, 4) is 11.1 Å². The molecule has 1 aliphatic rings. The maximum absolute atomic E-state index is 12.9. The van der Waals surface area contributed by atoms with Gasteiger partial charge >= 0.3 is 0 Å². The van der Waals surface area contributed by atoms with Crippen molar-refractivity contribution in [1.29, 1.82) is 0 Å². The van der Waals surface area contributed by atoms with Crippen molar-refractivity contribution in [2.24, 2.45) is 0 Å². The molecule has 1 aliphatic heterocycles. The van der Waals surface area contributed by atoms with Crippen LogP contribution in [0.25, 0.3) is 22.0 Å². The van der Waals surface area contributed by atoms with Gasteiger partial charge in [0.05, 0.1) is 17.4 Å². The molecule has 7 nitrogen and oxygen atoms in total. The summed E-state index contributed by atoms with van der Waals surface area (Å²) in [5.41, 5.74) is 6.08. The van der Waals surface area contributed by atoms with Crippen LogP contribution in [0.1, 0.15) is 47.3 Å². The number of anilines is 1. The van der Waals surface area contributed by atoms with Crippen molar-refractivity contribution in [3.63, 3.8) is 0 Å². The standard InChI is InChI=1S/C26H28N6O/c1-18-10-22(16-27-13-18)29-26(33)25-23-12-20(6-7-24(23)30-31-25)21-11-19(14-28-15-21)17-32-8-4-2-3-5-9-32/h6-7,10-16H,2-5,8-9,17H2,1H3,(H,29,33)(H,30,31). The van der Waals surface area contributed by atoms with Gasteiger partial charge in [0.15, 0.2) is 5.69 Å². The SMILES string of the molecule is Cc1cncc(NC(=O)c2n[nH]c3ccc(-c4cncc(CN5CCCCCC5)c4)cc23)c1. The fraction of sp³-hybridized carbons (Fsp3) is 0.308. The van der Waals surface area contributed by atoms with Crippen molar-refractivity contribution in [2.45, 2.75) is 39.2 Å². The van der Waals surface area contributed by atoms with Crippen LogP contribution in [-0.4, -0.2) is 44.1 Å². The van der Waals surface area contributed by atoms with Crippen LogP contribution in [0.5, 0.6) is 0 Å². The number of benzene rings is 1. The van der Waals surface area contributed by atoms with E-state index in [1.165, 1.54) is 31.2 Å². The number of rotatable bonds is 5. The summed E-state index contributed by atoms with van der Waals surface area (Å²) in [5, 5.41) is 10.9. The summed E-state index contributed by atoms with van der Waals surface area (Å²) in [6.45, 7) is 5.17. The van der Waals surface area contributed by atoms with Crippen LogP contribution in [-0.2, 0) is 6.54 Å². The molecule has 33 heavy (non-hydrogen) atoms. The number of hydrogen-bond donors (Lipinski definition) is 2. The first-order valence-corrected chi connectivity index (χ1v) is 11.5. The summed E-state index contributed by atoms with van der Waals surface area (Å²) in [7, 11) is 0. The molecule has 3 aromatic heterocycles. The largest absolute Gasteiger partial charge is 0.319 e. The minimum Gasteiger partial charge on any atom is -0.319 e. The van der Waals surface area contributed by atoms with E-state index in [2.05, 4.69) is 36.4 Å². The number of nitrogens with one attached hydrogen (secondary N) is 2. The molecule has 0 radical (unpaired) electrons. The molecule has 2 N–H and O–H groups in total. The Kier molecular flexibility index (Phi) is 6.13. The molecule has 0 aliphatic carbocycles. The Morgan fingerprint density at radius 3 is 2.61 bits per heavy atom. The van der Waals surface area contributed by atoms with Crippen LogP contribution in [0, 0.1) is 6.92 Å². The van der Waals surface area contributed by atoms with Crippen molar-refractivity contribution in [3.05, 3.63) is 71.9 Å². The maximum Gasteiger partial charge on any atom is 0.276 e. The Morgan fingerprint density at radius 2 is 1.79 bits per heavy atom. The molecule has 168 valence electrons. The van der Waals surface area contributed by atoms with Crippen LogP contribution in [0.4, 0.5) is 5.69 Å². The highest BCUT2D eigenvalue weighted by molar-refractivity contribution is 6.11. The van der Waals surface area contributed by atoms with E-state index in [0.717, 1.165) is 47.2 Å². The van der Waals surface area contributed by atoms with E-state index in [9.17, 15) is 4.79 Å². The minimum absolute atomic E-state index is 0.265. The Bertz CT molecular complexity index is 1270. The maximum atomic E-state index is 12.9. The summed E-state index contributed by atoms with van der Waals surface area (Å²) >= 11 is 0. The third-order valence-electron chi connectivity index (χ3n) is 6.14. The van der Waals surface area contributed by atoms with E-state index in [1.807, 2.05) is 43.6 Å². The average Bonchev–Trinajstić information content (AvgIpc) is 3.08. The summed E-state index contributed by atoms with van der Waals surface area (Å²) < 4.78 is 0. The Hall–Kier alpha value is -3.58. The molecule has 5 rings (SSSR count). The van der Waals surface area contributed by atoms with Crippen LogP contribution >= 0.6 is 0 Å². The second-order valence-corrected chi connectivity index (χ2v) is 8.81. The molecule has 1 amide bonds. The quantitative estimate of drug-likeness (QED) is 0.458. The lowest BCUT2D eigenvalue weighted by atomic mass is 10.0. The van der Waals surface area contributed by atoms with Gasteiger partial charge in [0.25, 0.3) is 5.91 Å². The monoisotopic (exact) mass is 440 g/mol. The van der Waals surface area contributed by atoms with Gasteiger partial charge in [-0.1, -0.05) is 18.9 Å². The van der Waals surface area contributed by atoms with Gasteiger partial charge < -0.3 is 5.32 Å². The summed E-state index contributed by atoms with van der Waals surface area (Å²) in [6.07, 6.45) is 12.4. The van der Waals surface area contributed by atoms with E-state index in [1.54, 1.807) is 12.4 Å². The predicted molar refractivity (Wildman–Crippen MR) is 130 cm³/mol. The lowest BCUT2D eigenvalue weighted by Gasteiger charge is -2.19. The molecule has 0 bridgehead atoms. The number of aromatic nitrogens is 4. The first-order valence-electron chi connectivity index (χ1n) is 11.5. The molecule has 4 aromatic rings.